The molecule has 0 saturated carbocycles. The number of morpholine rings is 1. The van der Waals surface area contributed by atoms with Crippen molar-refractivity contribution in [2.24, 2.45) is 0 Å². The van der Waals surface area contributed by atoms with E-state index in [1.165, 1.54) is 4.90 Å². The second kappa shape index (κ2) is 12.0. The second-order valence-electron chi connectivity index (χ2n) is 10.6. The number of hydrogen-bond donors (Lipinski definition) is 1. The number of ether oxygens (including phenoxy) is 1. The third kappa shape index (κ3) is 7.04. The predicted octanol–water partition coefficient (Wildman–Crippen LogP) is 5.30. The van der Waals surface area contributed by atoms with Crippen molar-refractivity contribution in [2.45, 2.75) is 31.2 Å². The van der Waals surface area contributed by atoms with Crippen LogP contribution in [0.2, 0.25) is 0 Å². The van der Waals surface area contributed by atoms with E-state index in [1.807, 2.05) is 30.5 Å². The molecule has 3 aromatic rings. The summed E-state index contributed by atoms with van der Waals surface area (Å²) in [5.74, 6) is -0.834. The SMILES string of the molecule is O=C(c1cc(C(F)(F)F)cc(C(F)(F)F)c1)N1CCN(CCCN2CCOCC2)C[C@H]1Cc1c[nH]c2ccccc12. The largest absolute Gasteiger partial charge is 0.416 e. The molecule has 2 aromatic carbocycles. The molecule has 3 heterocycles. The minimum Gasteiger partial charge on any atom is -0.379 e. The van der Waals surface area contributed by atoms with E-state index in [1.54, 1.807) is 0 Å². The molecule has 0 aliphatic carbocycles. The Kier molecular flexibility index (Phi) is 8.62. The van der Waals surface area contributed by atoms with Crippen LogP contribution in [-0.4, -0.2) is 90.7 Å². The Morgan fingerprint density at radius 1 is 0.878 bits per heavy atom. The molecule has 1 aromatic heterocycles. The van der Waals surface area contributed by atoms with E-state index in [0.29, 0.717) is 44.9 Å². The Morgan fingerprint density at radius 3 is 2.22 bits per heavy atom. The Bertz CT molecular complexity index is 1320. The molecule has 2 aliphatic heterocycles. The number of nitrogens with one attached hydrogen (secondary N) is 1. The zero-order valence-electron chi connectivity index (χ0n) is 22.4. The average Bonchev–Trinajstić information content (AvgIpc) is 3.35. The number of piperazine rings is 1. The molecule has 12 heteroatoms. The van der Waals surface area contributed by atoms with E-state index in [-0.39, 0.29) is 12.6 Å². The normalized spacial score (nSPS) is 19.7. The maximum Gasteiger partial charge on any atom is 0.416 e. The number of hydrogen-bond acceptors (Lipinski definition) is 4. The molecular weight excluding hydrogens is 550 g/mol. The monoisotopic (exact) mass is 582 g/mol. The van der Waals surface area contributed by atoms with Gasteiger partial charge in [0.15, 0.2) is 0 Å². The van der Waals surface area contributed by atoms with Crippen molar-refractivity contribution < 1.29 is 35.9 Å². The molecule has 1 atom stereocenters. The third-order valence-electron chi connectivity index (χ3n) is 7.85. The van der Waals surface area contributed by atoms with Crippen LogP contribution >= 0.6 is 0 Å². The number of nitrogens with zero attached hydrogens (tertiary/aromatic N) is 3. The van der Waals surface area contributed by atoms with Crippen molar-refractivity contribution in [1.82, 2.24) is 19.7 Å². The van der Waals surface area contributed by atoms with Crippen molar-refractivity contribution in [2.75, 3.05) is 59.0 Å². The first-order valence-corrected chi connectivity index (χ1v) is 13.7. The highest BCUT2D eigenvalue weighted by atomic mass is 19.4. The lowest BCUT2D eigenvalue weighted by molar-refractivity contribution is -0.143. The molecule has 2 saturated heterocycles. The van der Waals surface area contributed by atoms with Gasteiger partial charge in [0.2, 0.25) is 0 Å². The lowest BCUT2D eigenvalue weighted by atomic mass is 9.98. The summed E-state index contributed by atoms with van der Waals surface area (Å²) in [6, 6.07) is 8.30. The maximum absolute atomic E-state index is 13.6. The first-order chi connectivity index (χ1) is 19.5. The highest BCUT2D eigenvalue weighted by Gasteiger charge is 2.39. The molecule has 41 heavy (non-hydrogen) atoms. The quantitative estimate of drug-likeness (QED) is 0.385. The maximum atomic E-state index is 13.6. The van der Waals surface area contributed by atoms with Gasteiger partial charge in [-0.15, -0.1) is 0 Å². The van der Waals surface area contributed by atoms with E-state index in [4.69, 9.17) is 4.74 Å². The van der Waals surface area contributed by atoms with E-state index in [0.717, 1.165) is 49.1 Å². The summed E-state index contributed by atoms with van der Waals surface area (Å²) in [6.45, 7) is 5.97. The van der Waals surface area contributed by atoms with Gasteiger partial charge in [0.25, 0.3) is 5.91 Å². The number of carbonyl (C=O) groups excluding carboxylic acids is 1. The van der Waals surface area contributed by atoms with Gasteiger partial charge in [0, 0.05) is 61.4 Å². The summed E-state index contributed by atoms with van der Waals surface area (Å²) in [7, 11) is 0. The molecule has 1 N–H and O–H groups in total. The number of aromatic nitrogens is 1. The fourth-order valence-electron chi connectivity index (χ4n) is 5.71. The van der Waals surface area contributed by atoms with Gasteiger partial charge in [0.05, 0.1) is 24.3 Å². The summed E-state index contributed by atoms with van der Waals surface area (Å²) in [4.78, 5) is 22.8. The number of rotatable bonds is 7. The van der Waals surface area contributed by atoms with Crippen molar-refractivity contribution in [3.05, 3.63) is 70.9 Å². The summed E-state index contributed by atoms with van der Waals surface area (Å²) >= 11 is 0. The average molecular weight is 583 g/mol. The van der Waals surface area contributed by atoms with E-state index < -0.39 is 41.0 Å². The minimum atomic E-state index is -5.03. The first-order valence-electron chi connectivity index (χ1n) is 13.7. The van der Waals surface area contributed by atoms with E-state index in [9.17, 15) is 31.1 Å². The number of fused-ring (bicyclic) bond motifs is 1. The first kappa shape index (κ1) is 29.4. The summed E-state index contributed by atoms with van der Waals surface area (Å²) in [5, 5.41) is 0.961. The van der Waals surface area contributed by atoms with Gasteiger partial charge < -0.3 is 14.6 Å². The molecule has 0 unspecified atom stereocenters. The van der Waals surface area contributed by atoms with E-state index in [2.05, 4.69) is 14.8 Å². The lowest BCUT2D eigenvalue weighted by Gasteiger charge is -2.42. The molecule has 2 aliphatic rings. The van der Waals surface area contributed by atoms with Gasteiger partial charge in [-0.3, -0.25) is 14.6 Å². The molecule has 0 spiro atoms. The van der Waals surface area contributed by atoms with Crippen LogP contribution in [0.5, 0.6) is 0 Å². The van der Waals surface area contributed by atoms with Crippen molar-refractivity contribution in [3.8, 4) is 0 Å². The number of halogens is 6. The summed E-state index contributed by atoms with van der Waals surface area (Å²) in [6.07, 6.45) is -6.91. The fraction of sp³-hybridized carbons (Fsp3) is 0.483. The lowest BCUT2D eigenvalue weighted by Crippen LogP contribution is -2.56. The van der Waals surface area contributed by atoms with Crippen molar-refractivity contribution >= 4 is 16.8 Å². The number of para-hydroxylation sites is 1. The third-order valence-corrected chi connectivity index (χ3v) is 7.85. The highest BCUT2D eigenvalue weighted by Crippen LogP contribution is 2.37. The standard InChI is InChI=1S/C29H32F6N4O2/c30-28(31,32)22-14-20(15-23(17-22)29(33,34)35)27(40)39-9-8-38(7-3-6-37-10-12-41-13-11-37)19-24(39)16-21-18-36-26-5-2-1-4-25(21)26/h1-2,4-5,14-15,17-18,24,36H,3,6-13,16,19H2/t24-/m1/s1. The topological polar surface area (TPSA) is 51.8 Å². The highest BCUT2D eigenvalue weighted by molar-refractivity contribution is 5.95. The van der Waals surface area contributed by atoms with Crippen LogP contribution in [0.25, 0.3) is 10.9 Å². The molecule has 5 rings (SSSR count). The smallest absolute Gasteiger partial charge is 0.379 e. The summed E-state index contributed by atoms with van der Waals surface area (Å²) in [5.41, 5.74) is -1.77. The van der Waals surface area contributed by atoms with E-state index >= 15 is 0 Å². The number of aromatic amines is 1. The zero-order chi connectivity index (χ0) is 29.2. The predicted molar refractivity (Wildman–Crippen MR) is 142 cm³/mol. The molecule has 0 radical (unpaired) electrons. The van der Waals surface area contributed by atoms with Crippen LogP contribution in [0.1, 0.15) is 33.5 Å². The Hall–Kier alpha value is -3.09. The molecule has 6 nitrogen and oxygen atoms in total. The molecular formula is C29H32F6N4O2. The van der Waals surface area contributed by atoms with Crippen LogP contribution in [0.4, 0.5) is 26.3 Å². The van der Waals surface area contributed by atoms with Crippen molar-refractivity contribution in [3.63, 3.8) is 0 Å². The van der Waals surface area contributed by atoms with Gasteiger partial charge >= 0.3 is 12.4 Å². The Labute approximate surface area is 233 Å². The van der Waals surface area contributed by atoms with Gasteiger partial charge in [-0.2, -0.15) is 26.3 Å². The Morgan fingerprint density at radius 2 is 1.54 bits per heavy atom. The number of carbonyl (C=O) groups is 1. The molecule has 0 bridgehead atoms. The van der Waals surface area contributed by atoms with Gasteiger partial charge in [0.1, 0.15) is 0 Å². The van der Waals surface area contributed by atoms with Crippen LogP contribution in [0.3, 0.4) is 0 Å². The minimum absolute atomic E-state index is 0.0482. The fourth-order valence-corrected chi connectivity index (χ4v) is 5.71. The van der Waals surface area contributed by atoms with Crippen LogP contribution in [0, 0.1) is 0 Å². The van der Waals surface area contributed by atoms with Crippen LogP contribution < -0.4 is 0 Å². The van der Waals surface area contributed by atoms with Gasteiger partial charge in [-0.1, -0.05) is 18.2 Å². The van der Waals surface area contributed by atoms with Crippen LogP contribution in [-0.2, 0) is 23.5 Å². The van der Waals surface area contributed by atoms with Crippen molar-refractivity contribution in [1.29, 1.82) is 0 Å². The number of amides is 1. The Balaban J connectivity index is 1.39. The molecule has 2 fully saturated rings. The van der Waals surface area contributed by atoms with Gasteiger partial charge in [-0.25, -0.2) is 0 Å². The number of benzene rings is 2. The summed E-state index contributed by atoms with van der Waals surface area (Å²) < 4.78 is 86.5. The zero-order valence-corrected chi connectivity index (χ0v) is 22.4. The van der Waals surface area contributed by atoms with Gasteiger partial charge in [-0.05, 0) is 55.8 Å². The number of H-pyrrole nitrogens is 1. The van der Waals surface area contributed by atoms with Crippen LogP contribution in [0.15, 0.2) is 48.7 Å². The molecule has 1 amide bonds. The molecule has 222 valence electrons. The second-order valence-corrected chi connectivity index (χ2v) is 10.6. The number of alkyl halides is 6.